The Morgan fingerprint density at radius 2 is 1.56 bits per heavy atom. The van der Waals surface area contributed by atoms with E-state index in [-0.39, 0.29) is 23.8 Å². The highest BCUT2D eigenvalue weighted by Gasteiger charge is 2.36. The summed E-state index contributed by atoms with van der Waals surface area (Å²) < 4.78 is 27.0. The SMILES string of the molecule is COC(=O)C(C)C(Cc1ccc(OC)c(OC)c1)[C@H]1NCCc2cc(OC)c(OC)cc21. The topological polar surface area (TPSA) is 75.3 Å². The van der Waals surface area contributed by atoms with Gasteiger partial charge < -0.3 is 29.0 Å². The molecule has 3 atom stereocenters. The highest BCUT2D eigenvalue weighted by Crippen LogP contribution is 2.41. The van der Waals surface area contributed by atoms with Crippen molar-refractivity contribution in [2.24, 2.45) is 11.8 Å². The Hall–Kier alpha value is -2.93. The van der Waals surface area contributed by atoms with Gasteiger partial charge in [0.15, 0.2) is 23.0 Å². The number of benzene rings is 2. The number of rotatable bonds is 9. The third-order valence-electron chi connectivity index (χ3n) is 6.30. The smallest absolute Gasteiger partial charge is 0.308 e. The van der Waals surface area contributed by atoms with Crippen LogP contribution in [0.3, 0.4) is 0 Å². The summed E-state index contributed by atoms with van der Waals surface area (Å²) in [7, 11) is 7.94. The van der Waals surface area contributed by atoms with Crippen molar-refractivity contribution in [2.45, 2.75) is 25.8 Å². The molecule has 0 bridgehead atoms. The Morgan fingerprint density at radius 1 is 0.938 bits per heavy atom. The predicted molar refractivity (Wildman–Crippen MR) is 122 cm³/mol. The van der Waals surface area contributed by atoms with Gasteiger partial charge in [0.2, 0.25) is 0 Å². The van der Waals surface area contributed by atoms with E-state index in [9.17, 15) is 4.79 Å². The van der Waals surface area contributed by atoms with Gasteiger partial charge in [0.25, 0.3) is 0 Å². The average Bonchev–Trinajstić information content (AvgIpc) is 2.84. The molecule has 2 unspecified atom stereocenters. The summed E-state index contributed by atoms with van der Waals surface area (Å²) in [5, 5.41) is 3.64. The van der Waals surface area contributed by atoms with Crippen LogP contribution in [0.25, 0.3) is 0 Å². The molecule has 7 nitrogen and oxygen atoms in total. The van der Waals surface area contributed by atoms with Gasteiger partial charge in [-0.15, -0.1) is 0 Å². The minimum absolute atomic E-state index is 0.0549. The van der Waals surface area contributed by atoms with Crippen LogP contribution >= 0.6 is 0 Å². The summed E-state index contributed by atoms with van der Waals surface area (Å²) in [5.74, 6) is 2.11. The van der Waals surface area contributed by atoms with E-state index >= 15 is 0 Å². The second-order valence-electron chi connectivity index (χ2n) is 7.96. The van der Waals surface area contributed by atoms with Crippen molar-refractivity contribution in [1.82, 2.24) is 5.32 Å². The Bertz CT molecular complexity index is 944. The molecule has 2 aromatic carbocycles. The molecule has 1 aliphatic rings. The second kappa shape index (κ2) is 10.6. The molecule has 32 heavy (non-hydrogen) atoms. The van der Waals surface area contributed by atoms with Gasteiger partial charge in [-0.3, -0.25) is 4.79 Å². The van der Waals surface area contributed by atoms with E-state index in [1.807, 2.05) is 37.3 Å². The fourth-order valence-electron chi connectivity index (χ4n) is 4.52. The number of esters is 1. The number of carbonyl (C=O) groups is 1. The molecule has 3 rings (SSSR count). The van der Waals surface area contributed by atoms with E-state index < -0.39 is 0 Å². The largest absolute Gasteiger partial charge is 0.493 e. The zero-order valence-electron chi connectivity index (χ0n) is 19.7. The van der Waals surface area contributed by atoms with Gasteiger partial charge in [0.05, 0.1) is 41.5 Å². The van der Waals surface area contributed by atoms with Gasteiger partial charge in [-0.1, -0.05) is 13.0 Å². The minimum atomic E-state index is -0.329. The molecule has 0 aliphatic carbocycles. The zero-order chi connectivity index (χ0) is 23.3. The summed E-state index contributed by atoms with van der Waals surface area (Å²) in [6, 6.07) is 9.88. The van der Waals surface area contributed by atoms with E-state index in [0.29, 0.717) is 29.4 Å². The lowest BCUT2D eigenvalue weighted by atomic mass is 9.76. The van der Waals surface area contributed by atoms with E-state index in [0.717, 1.165) is 24.1 Å². The van der Waals surface area contributed by atoms with Crippen molar-refractivity contribution >= 4 is 5.97 Å². The predicted octanol–water partition coefficient (Wildman–Crippen LogP) is 3.58. The molecule has 0 saturated heterocycles. The molecular formula is C25H33NO6. The lowest BCUT2D eigenvalue weighted by Gasteiger charge is -2.36. The molecule has 0 amide bonds. The van der Waals surface area contributed by atoms with E-state index in [2.05, 4.69) is 5.32 Å². The van der Waals surface area contributed by atoms with Gasteiger partial charge >= 0.3 is 5.97 Å². The van der Waals surface area contributed by atoms with Gasteiger partial charge in [-0.25, -0.2) is 0 Å². The van der Waals surface area contributed by atoms with Crippen LogP contribution < -0.4 is 24.3 Å². The normalized spacial score (nSPS) is 17.0. The van der Waals surface area contributed by atoms with E-state index in [1.165, 1.54) is 12.7 Å². The Balaban J connectivity index is 2.03. The van der Waals surface area contributed by atoms with Crippen LogP contribution in [-0.4, -0.2) is 48.1 Å². The monoisotopic (exact) mass is 443 g/mol. The lowest BCUT2D eigenvalue weighted by molar-refractivity contribution is -0.147. The number of methoxy groups -OCH3 is 5. The first kappa shape index (κ1) is 23.7. The standard InChI is InChI=1S/C25H33NO6/c1-15(25(27)32-6)18(11-16-7-8-20(28-2)21(12-16)29-3)24-19-14-23(31-5)22(30-4)13-17(19)9-10-26-24/h7-8,12-15,18,24,26H,9-11H2,1-6H3/t15?,18?,24-/m1/s1. The summed E-state index contributed by atoms with van der Waals surface area (Å²) in [4.78, 5) is 12.6. The third kappa shape index (κ3) is 4.78. The first-order valence-electron chi connectivity index (χ1n) is 10.7. The number of fused-ring (bicyclic) bond motifs is 1. The third-order valence-corrected chi connectivity index (χ3v) is 6.30. The van der Waals surface area contributed by atoms with Crippen LogP contribution in [0, 0.1) is 11.8 Å². The van der Waals surface area contributed by atoms with Crippen LogP contribution in [0.1, 0.15) is 29.7 Å². The van der Waals surface area contributed by atoms with Crippen LogP contribution in [0.4, 0.5) is 0 Å². The number of hydrogen-bond acceptors (Lipinski definition) is 7. The van der Waals surface area contributed by atoms with E-state index in [4.69, 9.17) is 23.7 Å². The van der Waals surface area contributed by atoms with Crippen LogP contribution in [0.2, 0.25) is 0 Å². The Labute approximate surface area is 190 Å². The molecule has 2 aromatic rings. The maximum atomic E-state index is 12.6. The molecule has 7 heteroatoms. The second-order valence-corrected chi connectivity index (χ2v) is 7.96. The molecule has 1 heterocycles. The maximum absolute atomic E-state index is 12.6. The molecular weight excluding hydrogens is 410 g/mol. The fraction of sp³-hybridized carbons (Fsp3) is 0.480. The van der Waals surface area contributed by atoms with Crippen molar-refractivity contribution in [3.63, 3.8) is 0 Å². The van der Waals surface area contributed by atoms with Gasteiger partial charge in [-0.05, 0) is 66.3 Å². The molecule has 1 aliphatic heterocycles. The summed E-state index contributed by atoms with van der Waals surface area (Å²) >= 11 is 0. The minimum Gasteiger partial charge on any atom is -0.493 e. The molecule has 0 fully saturated rings. The molecule has 174 valence electrons. The fourth-order valence-corrected chi connectivity index (χ4v) is 4.52. The van der Waals surface area contributed by atoms with Gasteiger partial charge in [0, 0.05) is 6.04 Å². The highest BCUT2D eigenvalue weighted by molar-refractivity contribution is 5.72. The van der Waals surface area contributed by atoms with Crippen LogP contribution in [0.5, 0.6) is 23.0 Å². The van der Waals surface area contributed by atoms with Crippen molar-refractivity contribution in [1.29, 1.82) is 0 Å². The molecule has 0 aromatic heterocycles. The Kier molecular flexibility index (Phi) is 7.85. The average molecular weight is 444 g/mol. The molecule has 0 spiro atoms. The number of ether oxygens (including phenoxy) is 5. The number of nitrogens with one attached hydrogen (secondary N) is 1. The first-order valence-corrected chi connectivity index (χ1v) is 10.7. The quantitative estimate of drug-likeness (QED) is 0.594. The van der Waals surface area contributed by atoms with Crippen molar-refractivity contribution < 1.29 is 28.5 Å². The van der Waals surface area contributed by atoms with Crippen LogP contribution in [0.15, 0.2) is 30.3 Å². The van der Waals surface area contributed by atoms with Crippen molar-refractivity contribution in [3.05, 3.63) is 47.0 Å². The number of hydrogen-bond donors (Lipinski definition) is 1. The molecule has 0 radical (unpaired) electrons. The van der Waals surface area contributed by atoms with E-state index in [1.54, 1.807) is 28.4 Å². The Morgan fingerprint density at radius 3 is 2.19 bits per heavy atom. The van der Waals surface area contributed by atoms with Crippen molar-refractivity contribution in [2.75, 3.05) is 42.1 Å². The van der Waals surface area contributed by atoms with Crippen LogP contribution in [-0.2, 0) is 22.4 Å². The van der Waals surface area contributed by atoms with Gasteiger partial charge in [0.1, 0.15) is 0 Å². The van der Waals surface area contributed by atoms with Crippen molar-refractivity contribution in [3.8, 4) is 23.0 Å². The zero-order valence-corrected chi connectivity index (χ0v) is 19.7. The maximum Gasteiger partial charge on any atom is 0.308 e. The lowest BCUT2D eigenvalue weighted by Crippen LogP contribution is -2.40. The summed E-state index contributed by atoms with van der Waals surface area (Å²) in [6.07, 6.45) is 1.53. The number of carbonyl (C=O) groups excluding carboxylic acids is 1. The molecule has 0 saturated carbocycles. The molecule has 1 N–H and O–H groups in total. The summed E-state index contributed by atoms with van der Waals surface area (Å²) in [6.45, 7) is 2.73. The van der Waals surface area contributed by atoms with Gasteiger partial charge in [-0.2, -0.15) is 0 Å². The first-order chi connectivity index (χ1) is 15.5. The highest BCUT2D eigenvalue weighted by atomic mass is 16.5. The summed E-state index contributed by atoms with van der Waals surface area (Å²) in [5.41, 5.74) is 3.37.